The summed E-state index contributed by atoms with van der Waals surface area (Å²) in [6.45, 7) is 1.42. The van der Waals surface area contributed by atoms with Crippen LogP contribution < -0.4 is 5.32 Å². The summed E-state index contributed by atoms with van der Waals surface area (Å²) in [7, 11) is 0. The number of benzene rings is 1. The summed E-state index contributed by atoms with van der Waals surface area (Å²) in [6, 6.07) is 7.27. The highest BCUT2D eigenvalue weighted by Gasteiger charge is 2.25. The van der Waals surface area contributed by atoms with Crippen molar-refractivity contribution >= 4 is 34.8 Å². The zero-order valence-corrected chi connectivity index (χ0v) is 17.1. The van der Waals surface area contributed by atoms with E-state index in [0.29, 0.717) is 18.5 Å². The van der Waals surface area contributed by atoms with Gasteiger partial charge in [-0.15, -0.1) is 23.1 Å². The quantitative estimate of drug-likeness (QED) is 0.679. The van der Waals surface area contributed by atoms with E-state index in [1.165, 1.54) is 65.3 Å². The summed E-state index contributed by atoms with van der Waals surface area (Å²) in [5, 5.41) is 5.42. The molecule has 4 nitrogen and oxygen atoms in total. The van der Waals surface area contributed by atoms with Gasteiger partial charge >= 0.3 is 0 Å². The van der Waals surface area contributed by atoms with Crippen molar-refractivity contribution < 1.29 is 4.74 Å². The van der Waals surface area contributed by atoms with E-state index >= 15 is 0 Å². The lowest BCUT2D eigenvalue weighted by Gasteiger charge is -2.18. The fraction of sp³-hybridized carbons (Fsp3) is 0.524. The van der Waals surface area contributed by atoms with Crippen molar-refractivity contribution in [1.82, 2.24) is 4.98 Å². The lowest BCUT2D eigenvalue weighted by Crippen LogP contribution is -2.11. The molecule has 5 rings (SSSR count). The molecular formula is C21H25N3OS2. The van der Waals surface area contributed by atoms with Crippen LogP contribution in [0.25, 0.3) is 10.4 Å². The molecule has 2 aromatic rings. The molecule has 1 aliphatic heterocycles. The standard InChI is InChI=1S/C21H25N3OS2/c1-2-4-14(5-3-1)20-23-13-19(27-20)17-9-6-15(24-21-22-10-11-25-21)12-18(17)26-16-7-8-16/h6,9,12-14,16H,1-5,7-8,10-11H2,(H,22,24). The number of thiazole rings is 1. The zero-order chi connectivity index (χ0) is 18.1. The molecule has 2 saturated carbocycles. The van der Waals surface area contributed by atoms with Gasteiger partial charge in [-0.2, -0.15) is 0 Å². The van der Waals surface area contributed by atoms with Gasteiger partial charge in [-0.25, -0.2) is 9.98 Å². The van der Waals surface area contributed by atoms with Gasteiger partial charge in [0.25, 0.3) is 6.02 Å². The average Bonchev–Trinajstić information content (AvgIpc) is 3.17. The number of hydrogen-bond donors (Lipinski definition) is 1. The third-order valence-corrected chi connectivity index (χ3v) is 7.97. The fourth-order valence-corrected chi connectivity index (χ4v) is 6.17. The van der Waals surface area contributed by atoms with Gasteiger partial charge in [0.05, 0.1) is 16.4 Å². The molecule has 2 heterocycles. The van der Waals surface area contributed by atoms with E-state index in [1.54, 1.807) is 0 Å². The summed E-state index contributed by atoms with van der Waals surface area (Å²) >= 11 is 3.91. The first-order valence-electron chi connectivity index (χ1n) is 10.1. The second kappa shape index (κ2) is 7.84. The Morgan fingerprint density at radius 3 is 2.78 bits per heavy atom. The number of aliphatic imine (C=N–C) groups is 1. The number of rotatable bonds is 5. The number of thioether (sulfide) groups is 1. The van der Waals surface area contributed by atoms with Gasteiger partial charge in [0.2, 0.25) is 0 Å². The molecule has 3 aliphatic rings. The second-order valence-corrected chi connectivity index (χ2v) is 9.99. The van der Waals surface area contributed by atoms with E-state index in [1.807, 2.05) is 23.1 Å². The number of aromatic nitrogens is 1. The van der Waals surface area contributed by atoms with Crippen LogP contribution in [0.4, 0.5) is 5.69 Å². The van der Waals surface area contributed by atoms with E-state index in [9.17, 15) is 0 Å². The van der Waals surface area contributed by atoms with E-state index in [0.717, 1.165) is 17.5 Å². The zero-order valence-electron chi connectivity index (χ0n) is 15.4. The Labute approximate surface area is 168 Å². The van der Waals surface area contributed by atoms with Gasteiger partial charge in [-0.3, -0.25) is 0 Å². The van der Waals surface area contributed by atoms with Crippen LogP contribution in [-0.4, -0.2) is 29.4 Å². The molecule has 0 atom stereocenters. The normalized spacial score (nSPS) is 20.4. The summed E-state index contributed by atoms with van der Waals surface area (Å²) in [4.78, 5) is 11.8. The highest BCUT2D eigenvalue weighted by Crippen LogP contribution is 2.46. The molecule has 1 aromatic heterocycles. The first-order valence-corrected chi connectivity index (χ1v) is 11.8. The van der Waals surface area contributed by atoms with Gasteiger partial charge in [-0.1, -0.05) is 25.3 Å². The molecule has 0 unspecified atom stereocenters. The van der Waals surface area contributed by atoms with Crippen molar-refractivity contribution in [1.29, 1.82) is 0 Å². The van der Waals surface area contributed by atoms with Gasteiger partial charge in [-0.05, 0) is 37.8 Å². The molecule has 0 saturated heterocycles. The van der Waals surface area contributed by atoms with Crippen LogP contribution in [0.15, 0.2) is 34.3 Å². The van der Waals surface area contributed by atoms with Crippen LogP contribution in [0.2, 0.25) is 0 Å². The predicted octanol–water partition coefficient (Wildman–Crippen LogP) is 5.91. The summed E-state index contributed by atoms with van der Waals surface area (Å²) in [5.74, 6) is 0.676. The van der Waals surface area contributed by atoms with E-state index < -0.39 is 0 Å². The SMILES string of the molecule is c1cc(-c2cnc(C3CCCCC3)s2)c(SC2CC2)cc1NC1=NCCO1. The molecular weight excluding hydrogens is 374 g/mol. The fourth-order valence-electron chi connectivity index (χ4n) is 3.75. The van der Waals surface area contributed by atoms with Crippen molar-refractivity contribution in [3.05, 3.63) is 29.4 Å². The van der Waals surface area contributed by atoms with Crippen molar-refractivity contribution in [3.8, 4) is 10.4 Å². The van der Waals surface area contributed by atoms with Gasteiger partial charge in [0.1, 0.15) is 6.61 Å². The number of nitrogens with one attached hydrogen (secondary N) is 1. The number of ether oxygens (including phenoxy) is 1. The Morgan fingerprint density at radius 1 is 1.11 bits per heavy atom. The highest BCUT2D eigenvalue weighted by molar-refractivity contribution is 8.00. The molecule has 6 heteroatoms. The minimum atomic E-state index is 0.641. The van der Waals surface area contributed by atoms with Crippen LogP contribution in [0, 0.1) is 0 Å². The second-order valence-electron chi connectivity index (χ2n) is 7.59. The third kappa shape index (κ3) is 4.16. The smallest absolute Gasteiger partial charge is 0.289 e. The first kappa shape index (κ1) is 17.6. The predicted molar refractivity (Wildman–Crippen MR) is 114 cm³/mol. The maximum atomic E-state index is 5.50. The monoisotopic (exact) mass is 399 g/mol. The van der Waals surface area contributed by atoms with Crippen molar-refractivity contribution in [3.63, 3.8) is 0 Å². The van der Waals surface area contributed by atoms with Crippen LogP contribution in [0.1, 0.15) is 55.9 Å². The molecule has 27 heavy (non-hydrogen) atoms. The third-order valence-electron chi connectivity index (χ3n) is 5.38. The lowest BCUT2D eigenvalue weighted by atomic mass is 9.90. The Bertz CT molecular complexity index is 838. The lowest BCUT2D eigenvalue weighted by molar-refractivity contribution is 0.346. The Morgan fingerprint density at radius 2 is 2.00 bits per heavy atom. The summed E-state index contributed by atoms with van der Waals surface area (Å²) in [6.07, 6.45) is 11.5. The number of amidine groups is 1. The van der Waals surface area contributed by atoms with Crippen LogP contribution in [0.3, 0.4) is 0 Å². The molecule has 2 fully saturated rings. The van der Waals surface area contributed by atoms with E-state index in [2.05, 4.69) is 34.7 Å². The highest BCUT2D eigenvalue weighted by atomic mass is 32.2. The van der Waals surface area contributed by atoms with Crippen LogP contribution in [0.5, 0.6) is 0 Å². The van der Waals surface area contributed by atoms with Gasteiger partial charge in [0, 0.05) is 33.5 Å². The minimum absolute atomic E-state index is 0.641. The summed E-state index contributed by atoms with van der Waals surface area (Å²) in [5.41, 5.74) is 2.38. The van der Waals surface area contributed by atoms with E-state index in [-0.39, 0.29) is 0 Å². The molecule has 2 aliphatic carbocycles. The molecule has 0 radical (unpaired) electrons. The van der Waals surface area contributed by atoms with E-state index in [4.69, 9.17) is 9.72 Å². The maximum Gasteiger partial charge on any atom is 0.289 e. The van der Waals surface area contributed by atoms with Crippen molar-refractivity contribution in [2.75, 3.05) is 18.5 Å². The molecule has 1 N–H and O–H groups in total. The molecule has 0 amide bonds. The summed E-state index contributed by atoms with van der Waals surface area (Å²) < 4.78 is 5.50. The van der Waals surface area contributed by atoms with Crippen LogP contribution >= 0.6 is 23.1 Å². The Hall–Kier alpha value is -1.53. The number of anilines is 1. The number of nitrogens with zero attached hydrogens (tertiary/aromatic N) is 2. The Balaban J connectivity index is 1.41. The van der Waals surface area contributed by atoms with Gasteiger partial charge in [0.15, 0.2) is 0 Å². The van der Waals surface area contributed by atoms with Gasteiger partial charge < -0.3 is 10.1 Å². The minimum Gasteiger partial charge on any atom is -0.463 e. The molecule has 0 bridgehead atoms. The number of hydrogen-bond acceptors (Lipinski definition) is 6. The molecule has 142 valence electrons. The van der Waals surface area contributed by atoms with Crippen LogP contribution in [-0.2, 0) is 4.74 Å². The van der Waals surface area contributed by atoms with Crippen molar-refractivity contribution in [2.45, 2.75) is 61.0 Å². The largest absolute Gasteiger partial charge is 0.463 e. The topological polar surface area (TPSA) is 46.5 Å². The molecule has 1 aromatic carbocycles. The van der Waals surface area contributed by atoms with Crippen molar-refractivity contribution in [2.24, 2.45) is 4.99 Å². The Kier molecular flexibility index (Phi) is 5.10. The molecule has 0 spiro atoms. The first-order chi connectivity index (χ1) is 13.3. The maximum absolute atomic E-state index is 5.50. The average molecular weight is 400 g/mol.